The van der Waals surface area contributed by atoms with Gasteiger partial charge in [0.15, 0.2) is 5.66 Å². The van der Waals surface area contributed by atoms with Crippen LogP contribution in [0.2, 0.25) is 10.0 Å². The van der Waals surface area contributed by atoms with Crippen molar-refractivity contribution in [1.82, 2.24) is 26.2 Å². The molecule has 0 bridgehead atoms. The van der Waals surface area contributed by atoms with Crippen LogP contribution in [0.15, 0.2) is 66.7 Å². The van der Waals surface area contributed by atoms with Gasteiger partial charge >= 0.3 is 6.18 Å². The van der Waals surface area contributed by atoms with Crippen LogP contribution in [0, 0.1) is 0 Å². The van der Waals surface area contributed by atoms with Gasteiger partial charge in [-0.25, -0.2) is 0 Å². The molecule has 0 spiro atoms. The Morgan fingerprint density at radius 1 is 0.935 bits per heavy atom. The third-order valence-electron chi connectivity index (χ3n) is 8.47. The van der Waals surface area contributed by atoms with Gasteiger partial charge in [0.1, 0.15) is 5.75 Å². The highest BCUT2D eigenvalue weighted by atomic mass is 35.5. The van der Waals surface area contributed by atoms with Gasteiger partial charge in [0.05, 0.1) is 30.8 Å². The molecule has 2 aliphatic heterocycles. The standard InChI is InChI=1S/C33H36Cl2F3N5O3/c1-3-46-27-18-22(33(36,37)38)8-13-26(27)32(31(45)43(19-28(44)39-2)25-14-16-40-17-15-25)41-29(20-4-9-23(34)10-5-20)30(42-32)21-6-11-24(35)12-7-21/h4-13,18,25,29-30,40-42H,3,14-17,19H2,1-2H3,(H,39,44). The number of benzene rings is 3. The lowest BCUT2D eigenvalue weighted by Crippen LogP contribution is -2.63. The van der Waals surface area contributed by atoms with Crippen LogP contribution in [0.5, 0.6) is 5.75 Å². The molecule has 2 fully saturated rings. The van der Waals surface area contributed by atoms with Gasteiger partial charge in [0.2, 0.25) is 5.91 Å². The van der Waals surface area contributed by atoms with Gasteiger partial charge in [-0.15, -0.1) is 0 Å². The Kier molecular flexibility index (Phi) is 10.5. The second kappa shape index (κ2) is 14.2. The highest BCUT2D eigenvalue weighted by molar-refractivity contribution is 6.30. The maximum Gasteiger partial charge on any atom is 0.416 e. The molecule has 8 nitrogen and oxygen atoms in total. The topological polar surface area (TPSA) is 94.7 Å². The van der Waals surface area contributed by atoms with E-state index in [1.54, 1.807) is 31.2 Å². The molecule has 46 heavy (non-hydrogen) atoms. The Morgan fingerprint density at radius 2 is 1.48 bits per heavy atom. The zero-order chi connectivity index (χ0) is 33.1. The summed E-state index contributed by atoms with van der Waals surface area (Å²) in [6.45, 7) is 2.75. The van der Waals surface area contributed by atoms with Crippen LogP contribution < -0.4 is 26.0 Å². The lowest BCUT2D eigenvalue weighted by molar-refractivity contribution is -0.146. The Morgan fingerprint density at radius 3 is 1.96 bits per heavy atom. The number of carbonyl (C=O) groups is 2. The van der Waals surface area contributed by atoms with Crippen LogP contribution in [0.25, 0.3) is 0 Å². The summed E-state index contributed by atoms with van der Waals surface area (Å²) in [5.41, 5.74) is -1.02. The first-order chi connectivity index (χ1) is 22.0. The van der Waals surface area contributed by atoms with Crippen LogP contribution in [-0.4, -0.2) is 56.0 Å². The fraction of sp³-hybridized carbons (Fsp3) is 0.394. The molecule has 2 heterocycles. The molecular weight excluding hydrogens is 642 g/mol. The summed E-state index contributed by atoms with van der Waals surface area (Å²) in [5, 5.41) is 13.9. The van der Waals surface area contributed by atoms with Gasteiger partial charge in [0.25, 0.3) is 5.91 Å². The van der Waals surface area contributed by atoms with E-state index in [0.29, 0.717) is 36.0 Å². The monoisotopic (exact) mass is 677 g/mol. The smallest absolute Gasteiger partial charge is 0.416 e. The number of likely N-dealkylation sites (N-methyl/N-ethyl adjacent to an activating group) is 1. The average molecular weight is 679 g/mol. The van der Waals surface area contributed by atoms with Crippen molar-refractivity contribution < 1.29 is 27.5 Å². The van der Waals surface area contributed by atoms with E-state index >= 15 is 4.79 Å². The van der Waals surface area contributed by atoms with E-state index in [4.69, 9.17) is 27.9 Å². The fourth-order valence-corrected chi connectivity index (χ4v) is 6.43. The van der Waals surface area contributed by atoms with Crippen LogP contribution in [-0.2, 0) is 21.4 Å². The highest BCUT2D eigenvalue weighted by Gasteiger charge is 2.55. The number of amides is 2. The first kappa shape index (κ1) is 34.0. The van der Waals surface area contributed by atoms with Gasteiger partial charge in [-0.1, -0.05) is 53.5 Å². The molecule has 0 aliphatic carbocycles. The number of nitrogens with one attached hydrogen (secondary N) is 4. The van der Waals surface area contributed by atoms with Crippen molar-refractivity contribution in [3.63, 3.8) is 0 Å². The normalized spacial score (nSPS) is 22.0. The van der Waals surface area contributed by atoms with Crippen molar-refractivity contribution in [2.45, 2.75) is 49.7 Å². The van der Waals surface area contributed by atoms with E-state index in [9.17, 15) is 18.0 Å². The summed E-state index contributed by atoms with van der Waals surface area (Å²) in [7, 11) is 1.49. The Balaban J connectivity index is 1.74. The van der Waals surface area contributed by atoms with Crippen LogP contribution >= 0.6 is 23.2 Å². The summed E-state index contributed by atoms with van der Waals surface area (Å²) in [5.74, 6) is -0.998. The number of rotatable bonds is 9. The minimum absolute atomic E-state index is 0.0516. The summed E-state index contributed by atoms with van der Waals surface area (Å²) >= 11 is 12.5. The largest absolute Gasteiger partial charge is 0.493 e. The highest BCUT2D eigenvalue weighted by Crippen LogP contribution is 2.46. The second-order valence-electron chi connectivity index (χ2n) is 11.3. The van der Waals surface area contributed by atoms with E-state index in [1.807, 2.05) is 24.3 Å². The van der Waals surface area contributed by atoms with Gasteiger partial charge in [-0.05, 0) is 80.4 Å². The van der Waals surface area contributed by atoms with Crippen LogP contribution in [0.3, 0.4) is 0 Å². The molecule has 2 unspecified atom stereocenters. The summed E-state index contributed by atoms with van der Waals surface area (Å²) in [6.07, 6.45) is -3.47. The predicted molar refractivity (Wildman–Crippen MR) is 171 cm³/mol. The summed E-state index contributed by atoms with van der Waals surface area (Å²) < 4.78 is 47.6. The minimum atomic E-state index is -4.64. The molecular formula is C33H36Cl2F3N5O3. The third kappa shape index (κ3) is 7.13. The second-order valence-corrected chi connectivity index (χ2v) is 12.2. The van der Waals surface area contributed by atoms with E-state index in [0.717, 1.165) is 23.3 Å². The molecule has 246 valence electrons. The fourth-order valence-electron chi connectivity index (χ4n) is 6.18. The maximum absolute atomic E-state index is 15.2. The number of hydrogen-bond donors (Lipinski definition) is 4. The number of carbonyl (C=O) groups excluding carboxylic acids is 2. The molecule has 0 radical (unpaired) electrons. The number of nitrogens with zero attached hydrogens (tertiary/aromatic N) is 1. The molecule has 4 N–H and O–H groups in total. The number of ether oxygens (including phenoxy) is 1. The van der Waals surface area contributed by atoms with Gasteiger partial charge in [-0.3, -0.25) is 20.2 Å². The van der Waals surface area contributed by atoms with E-state index in [-0.39, 0.29) is 36.4 Å². The lowest BCUT2D eigenvalue weighted by Gasteiger charge is -2.41. The molecule has 2 aliphatic rings. The van der Waals surface area contributed by atoms with Crippen LogP contribution in [0.1, 0.15) is 54.1 Å². The number of piperidine rings is 1. The van der Waals surface area contributed by atoms with Gasteiger partial charge in [-0.2, -0.15) is 13.2 Å². The predicted octanol–water partition coefficient (Wildman–Crippen LogP) is 5.57. The van der Waals surface area contributed by atoms with Crippen molar-refractivity contribution in [3.05, 3.63) is 99.0 Å². The number of halogens is 5. The SMILES string of the molecule is CCOc1cc(C(F)(F)F)ccc1C1(C(=O)N(CC(=O)NC)C2CCNCC2)NC(c2ccc(Cl)cc2)C(c2ccc(Cl)cc2)N1. The molecule has 2 saturated heterocycles. The molecule has 2 atom stereocenters. The Hall–Kier alpha value is -3.35. The number of alkyl halides is 3. The summed E-state index contributed by atoms with van der Waals surface area (Å²) in [4.78, 5) is 29.6. The molecule has 5 rings (SSSR count). The van der Waals surface area contributed by atoms with Crippen molar-refractivity contribution in [3.8, 4) is 5.75 Å². The zero-order valence-corrected chi connectivity index (χ0v) is 26.9. The average Bonchev–Trinajstić information content (AvgIpc) is 3.45. The third-order valence-corrected chi connectivity index (χ3v) is 8.98. The zero-order valence-electron chi connectivity index (χ0n) is 25.4. The first-order valence-electron chi connectivity index (χ1n) is 15.1. The molecule has 0 aromatic heterocycles. The van der Waals surface area contributed by atoms with E-state index in [1.165, 1.54) is 18.0 Å². The maximum atomic E-state index is 15.2. The van der Waals surface area contributed by atoms with Crippen LogP contribution in [0.4, 0.5) is 13.2 Å². The lowest BCUT2D eigenvalue weighted by atomic mass is 9.93. The Bertz CT molecular complexity index is 1480. The molecule has 3 aromatic rings. The van der Waals surface area contributed by atoms with Crippen molar-refractivity contribution in [2.24, 2.45) is 0 Å². The number of hydrogen-bond acceptors (Lipinski definition) is 6. The molecule has 3 aromatic carbocycles. The van der Waals surface area contributed by atoms with E-state index in [2.05, 4.69) is 21.3 Å². The van der Waals surface area contributed by atoms with Gasteiger partial charge in [0, 0.05) is 28.7 Å². The van der Waals surface area contributed by atoms with Crippen molar-refractivity contribution in [1.29, 1.82) is 0 Å². The first-order valence-corrected chi connectivity index (χ1v) is 15.9. The van der Waals surface area contributed by atoms with E-state index < -0.39 is 35.4 Å². The Labute approximate surface area is 276 Å². The van der Waals surface area contributed by atoms with Crippen molar-refractivity contribution in [2.75, 3.05) is 33.3 Å². The van der Waals surface area contributed by atoms with Crippen molar-refractivity contribution >= 4 is 35.0 Å². The summed E-state index contributed by atoms with van der Waals surface area (Å²) in [6, 6.07) is 15.9. The quantitative estimate of drug-likeness (QED) is 0.237. The molecule has 2 amide bonds. The minimum Gasteiger partial charge on any atom is -0.493 e. The molecule has 0 saturated carbocycles. The molecule has 13 heteroatoms. The van der Waals surface area contributed by atoms with Gasteiger partial charge < -0.3 is 20.3 Å².